The summed E-state index contributed by atoms with van der Waals surface area (Å²) in [5, 5.41) is 5.51. The SMILES string of the molecule is CC(NC(=O)NCc1ccc(OC(F)F)cc1)c1ccncc1. The smallest absolute Gasteiger partial charge is 0.387 e. The molecule has 0 aliphatic rings. The summed E-state index contributed by atoms with van der Waals surface area (Å²) in [5.41, 5.74) is 1.72. The molecule has 1 aromatic carbocycles. The Balaban J connectivity index is 1.80. The molecule has 2 N–H and O–H groups in total. The second-order valence-corrected chi connectivity index (χ2v) is 4.85. The number of halogens is 2. The van der Waals surface area contributed by atoms with Crippen LogP contribution in [-0.2, 0) is 6.54 Å². The van der Waals surface area contributed by atoms with Gasteiger partial charge in [-0.05, 0) is 42.3 Å². The fraction of sp³-hybridized carbons (Fsp3) is 0.250. The number of hydrogen-bond donors (Lipinski definition) is 2. The average molecular weight is 321 g/mol. The van der Waals surface area contributed by atoms with Crippen LogP contribution in [-0.4, -0.2) is 17.6 Å². The lowest BCUT2D eigenvalue weighted by Gasteiger charge is -2.15. The second-order valence-electron chi connectivity index (χ2n) is 4.85. The minimum Gasteiger partial charge on any atom is -0.435 e. The lowest BCUT2D eigenvalue weighted by atomic mass is 10.1. The highest BCUT2D eigenvalue weighted by atomic mass is 19.3. The fourth-order valence-corrected chi connectivity index (χ4v) is 1.95. The van der Waals surface area contributed by atoms with Crippen LogP contribution in [0.5, 0.6) is 5.75 Å². The van der Waals surface area contributed by atoms with Gasteiger partial charge in [0.15, 0.2) is 0 Å². The van der Waals surface area contributed by atoms with E-state index in [1.165, 1.54) is 12.1 Å². The molecule has 0 aliphatic heterocycles. The molecule has 1 atom stereocenters. The van der Waals surface area contributed by atoms with Crippen molar-refractivity contribution in [2.45, 2.75) is 26.1 Å². The number of rotatable bonds is 6. The fourth-order valence-electron chi connectivity index (χ4n) is 1.95. The number of benzene rings is 1. The summed E-state index contributed by atoms with van der Waals surface area (Å²) < 4.78 is 28.3. The van der Waals surface area contributed by atoms with Crippen molar-refractivity contribution in [1.82, 2.24) is 15.6 Å². The van der Waals surface area contributed by atoms with Crippen LogP contribution in [0.3, 0.4) is 0 Å². The Morgan fingerprint density at radius 3 is 2.43 bits per heavy atom. The van der Waals surface area contributed by atoms with Crippen LogP contribution in [0.15, 0.2) is 48.8 Å². The quantitative estimate of drug-likeness (QED) is 0.858. The van der Waals surface area contributed by atoms with Gasteiger partial charge in [-0.3, -0.25) is 4.98 Å². The summed E-state index contributed by atoms with van der Waals surface area (Å²) in [6, 6.07) is 9.27. The summed E-state index contributed by atoms with van der Waals surface area (Å²) in [7, 11) is 0. The van der Waals surface area contributed by atoms with Gasteiger partial charge in [0.05, 0.1) is 6.04 Å². The summed E-state index contributed by atoms with van der Waals surface area (Å²) >= 11 is 0. The molecule has 1 heterocycles. The Labute approximate surface area is 132 Å². The van der Waals surface area contributed by atoms with Crippen molar-refractivity contribution in [2.24, 2.45) is 0 Å². The zero-order valence-electron chi connectivity index (χ0n) is 12.5. The molecular formula is C16H17F2N3O2. The molecule has 0 aliphatic carbocycles. The van der Waals surface area contributed by atoms with Crippen LogP contribution in [0.4, 0.5) is 13.6 Å². The van der Waals surface area contributed by atoms with Gasteiger partial charge in [-0.2, -0.15) is 8.78 Å². The van der Waals surface area contributed by atoms with E-state index in [9.17, 15) is 13.6 Å². The van der Waals surface area contributed by atoms with Crippen molar-refractivity contribution in [3.63, 3.8) is 0 Å². The Hall–Kier alpha value is -2.70. The number of nitrogens with zero attached hydrogens (tertiary/aromatic N) is 1. The number of aromatic nitrogens is 1. The van der Waals surface area contributed by atoms with E-state index in [0.717, 1.165) is 11.1 Å². The molecule has 122 valence electrons. The third kappa shape index (κ3) is 5.54. The van der Waals surface area contributed by atoms with Gasteiger partial charge >= 0.3 is 12.6 Å². The Bertz CT molecular complexity index is 621. The first-order valence-electron chi connectivity index (χ1n) is 7.02. The summed E-state index contributed by atoms with van der Waals surface area (Å²) in [6.07, 6.45) is 3.32. The number of urea groups is 1. The van der Waals surface area contributed by atoms with Crippen molar-refractivity contribution in [1.29, 1.82) is 0 Å². The first-order chi connectivity index (χ1) is 11.0. The standard InChI is InChI=1S/C16H17F2N3O2/c1-11(13-6-8-19-9-7-13)21-16(22)20-10-12-2-4-14(5-3-12)23-15(17)18/h2-9,11,15H,10H2,1H3,(H2,20,21,22). The normalized spacial score (nSPS) is 11.8. The maximum Gasteiger partial charge on any atom is 0.387 e. The molecule has 2 aromatic rings. The average Bonchev–Trinajstić information content (AvgIpc) is 2.54. The summed E-state index contributed by atoms with van der Waals surface area (Å²) in [6.45, 7) is -0.700. The zero-order valence-corrected chi connectivity index (χ0v) is 12.5. The molecule has 0 saturated heterocycles. The van der Waals surface area contributed by atoms with E-state index in [-0.39, 0.29) is 24.4 Å². The Morgan fingerprint density at radius 1 is 1.17 bits per heavy atom. The number of alkyl halides is 2. The van der Waals surface area contributed by atoms with E-state index in [1.807, 2.05) is 19.1 Å². The molecule has 7 heteroatoms. The van der Waals surface area contributed by atoms with E-state index in [0.29, 0.717) is 0 Å². The molecule has 1 unspecified atom stereocenters. The van der Waals surface area contributed by atoms with Crippen LogP contribution in [0, 0.1) is 0 Å². The molecule has 2 amide bonds. The molecule has 0 saturated carbocycles. The number of ether oxygens (including phenoxy) is 1. The molecule has 23 heavy (non-hydrogen) atoms. The van der Waals surface area contributed by atoms with Gasteiger partial charge in [-0.15, -0.1) is 0 Å². The molecule has 0 bridgehead atoms. The third-order valence-corrected chi connectivity index (χ3v) is 3.16. The van der Waals surface area contributed by atoms with Gasteiger partial charge in [0.25, 0.3) is 0 Å². The van der Waals surface area contributed by atoms with Crippen LogP contribution in [0.1, 0.15) is 24.1 Å². The van der Waals surface area contributed by atoms with Gasteiger partial charge in [-0.25, -0.2) is 4.79 Å². The molecule has 0 spiro atoms. The molecular weight excluding hydrogens is 304 g/mol. The zero-order chi connectivity index (χ0) is 16.7. The van der Waals surface area contributed by atoms with Gasteiger partial charge in [0, 0.05) is 18.9 Å². The van der Waals surface area contributed by atoms with Gasteiger partial charge in [0.2, 0.25) is 0 Å². The Kier molecular flexibility index (Phi) is 5.85. The number of amides is 2. The van der Waals surface area contributed by atoms with Crippen LogP contribution < -0.4 is 15.4 Å². The van der Waals surface area contributed by atoms with Crippen molar-refractivity contribution >= 4 is 6.03 Å². The highest BCUT2D eigenvalue weighted by Gasteiger charge is 2.09. The van der Waals surface area contributed by atoms with Crippen molar-refractivity contribution in [2.75, 3.05) is 0 Å². The van der Waals surface area contributed by atoms with Crippen LogP contribution in [0.2, 0.25) is 0 Å². The van der Waals surface area contributed by atoms with Crippen molar-refractivity contribution in [3.8, 4) is 5.75 Å². The number of hydrogen-bond acceptors (Lipinski definition) is 3. The minimum atomic E-state index is -2.85. The molecule has 0 radical (unpaired) electrons. The van der Waals surface area contributed by atoms with E-state index >= 15 is 0 Å². The third-order valence-electron chi connectivity index (χ3n) is 3.16. The Morgan fingerprint density at radius 2 is 1.83 bits per heavy atom. The summed E-state index contributed by atoms with van der Waals surface area (Å²) in [4.78, 5) is 15.8. The first kappa shape index (κ1) is 16.7. The lowest BCUT2D eigenvalue weighted by Crippen LogP contribution is -2.36. The number of pyridine rings is 1. The maximum atomic E-state index is 12.0. The predicted molar refractivity (Wildman–Crippen MR) is 81.1 cm³/mol. The van der Waals surface area contributed by atoms with E-state index in [4.69, 9.17) is 0 Å². The minimum absolute atomic E-state index is 0.0829. The largest absolute Gasteiger partial charge is 0.435 e. The van der Waals surface area contributed by atoms with E-state index in [1.54, 1.807) is 24.5 Å². The summed E-state index contributed by atoms with van der Waals surface area (Å²) in [5.74, 6) is 0.0829. The second kappa shape index (κ2) is 8.07. The van der Waals surface area contributed by atoms with Gasteiger partial charge < -0.3 is 15.4 Å². The number of nitrogens with one attached hydrogen (secondary N) is 2. The highest BCUT2D eigenvalue weighted by molar-refractivity contribution is 5.74. The van der Waals surface area contributed by atoms with Crippen molar-refractivity contribution < 1.29 is 18.3 Å². The predicted octanol–water partition coefficient (Wildman–Crippen LogP) is 3.24. The number of carbonyl (C=O) groups excluding carboxylic acids is 1. The first-order valence-corrected chi connectivity index (χ1v) is 7.02. The van der Waals surface area contributed by atoms with Gasteiger partial charge in [0.1, 0.15) is 5.75 Å². The number of carbonyl (C=O) groups is 1. The van der Waals surface area contributed by atoms with Crippen molar-refractivity contribution in [3.05, 3.63) is 59.9 Å². The van der Waals surface area contributed by atoms with Crippen LogP contribution in [0.25, 0.3) is 0 Å². The lowest BCUT2D eigenvalue weighted by molar-refractivity contribution is -0.0498. The molecule has 1 aromatic heterocycles. The monoisotopic (exact) mass is 321 g/mol. The maximum absolute atomic E-state index is 12.0. The molecule has 2 rings (SSSR count). The van der Waals surface area contributed by atoms with E-state index in [2.05, 4.69) is 20.4 Å². The topological polar surface area (TPSA) is 63.2 Å². The van der Waals surface area contributed by atoms with Gasteiger partial charge in [-0.1, -0.05) is 12.1 Å². The highest BCUT2D eigenvalue weighted by Crippen LogP contribution is 2.15. The van der Waals surface area contributed by atoms with Crippen LogP contribution >= 0.6 is 0 Å². The molecule has 0 fully saturated rings. The molecule has 5 nitrogen and oxygen atoms in total. The van der Waals surface area contributed by atoms with E-state index < -0.39 is 6.61 Å².